The Morgan fingerprint density at radius 2 is 2.03 bits per heavy atom. The molecule has 3 fully saturated rings. The number of rotatable bonds is 5. The fourth-order valence-electron chi connectivity index (χ4n) is 8.44. The molecule has 1 aliphatic heterocycles. The van der Waals surface area contributed by atoms with Gasteiger partial charge in [0.05, 0.1) is 0 Å². The molecule has 0 spiro atoms. The van der Waals surface area contributed by atoms with Gasteiger partial charge in [0, 0.05) is 23.4 Å². The van der Waals surface area contributed by atoms with Gasteiger partial charge in [0.25, 0.3) is 0 Å². The van der Waals surface area contributed by atoms with Crippen molar-refractivity contribution >= 4 is 17.2 Å². The first-order valence-corrected chi connectivity index (χ1v) is 13.3. The van der Waals surface area contributed by atoms with Crippen molar-refractivity contribution in [2.24, 2.45) is 34.5 Å². The molecule has 0 radical (unpaired) electrons. The third-order valence-electron chi connectivity index (χ3n) is 10.1. The van der Waals surface area contributed by atoms with Gasteiger partial charge < -0.3 is 4.90 Å². The number of unbranched alkanes of at least 4 members (excludes halogenated alkanes) is 1. The van der Waals surface area contributed by atoms with E-state index in [-0.39, 0.29) is 11.3 Å². The van der Waals surface area contributed by atoms with E-state index in [1.54, 1.807) is 4.88 Å². The predicted molar refractivity (Wildman–Crippen MR) is 125 cm³/mol. The summed E-state index contributed by atoms with van der Waals surface area (Å²) in [5.41, 5.74) is 0.734. The number of carbonyl (C=O) groups excluding carboxylic acids is 1. The molecule has 30 heavy (non-hydrogen) atoms. The highest BCUT2D eigenvalue weighted by Gasteiger charge is 2.60. The van der Waals surface area contributed by atoms with Crippen molar-refractivity contribution in [3.63, 3.8) is 0 Å². The van der Waals surface area contributed by atoms with Crippen molar-refractivity contribution < 1.29 is 4.79 Å². The van der Waals surface area contributed by atoms with Crippen molar-refractivity contribution in [2.75, 3.05) is 7.05 Å². The highest BCUT2D eigenvalue weighted by Crippen LogP contribution is 2.66. The first-order chi connectivity index (χ1) is 14.4. The molecule has 4 aliphatic rings. The van der Waals surface area contributed by atoms with Gasteiger partial charge in [-0.1, -0.05) is 38.8 Å². The molecular formula is C27H39NOS. The summed E-state index contributed by atoms with van der Waals surface area (Å²) >= 11 is 1.91. The van der Waals surface area contributed by atoms with Gasteiger partial charge in [-0.3, -0.25) is 4.79 Å². The molecule has 164 valence electrons. The Morgan fingerprint density at radius 3 is 2.83 bits per heavy atom. The number of nitrogens with zero attached hydrogens (tertiary/aromatic N) is 1. The molecule has 3 saturated carbocycles. The second-order valence-corrected chi connectivity index (χ2v) is 12.3. The van der Waals surface area contributed by atoms with E-state index >= 15 is 0 Å². The molecule has 7 atom stereocenters. The maximum atomic E-state index is 12.4. The summed E-state index contributed by atoms with van der Waals surface area (Å²) in [6.45, 7) is 5.14. The van der Waals surface area contributed by atoms with E-state index in [0.29, 0.717) is 11.5 Å². The van der Waals surface area contributed by atoms with E-state index in [2.05, 4.69) is 42.3 Å². The third-order valence-corrected chi connectivity index (χ3v) is 11.0. The van der Waals surface area contributed by atoms with Gasteiger partial charge in [-0.25, -0.2) is 0 Å². The van der Waals surface area contributed by atoms with Crippen LogP contribution >= 0.6 is 11.3 Å². The molecule has 5 rings (SSSR count). The standard InChI is InChI=1S/C27H39NOS/c1-26-15-6-11-22(26)21-12-13-24-27(2,16-14-25(29)28(24)3)23(21)18-19(26)8-4-5-9-20-10-7-17-30-20/h7,10,14,16-17,19,21-24H,4-6,8-9,11-13,15,18H2,1-3H3/t19?,21-,22-,23-,24+,26-,27+/m0/s1. The van der Waals surface area contributed by atoms with Crippen molar-refractivity contribution in [3.8, 4) is 0 Å². The van der Waals surface area contributed by atoms with Gasteiger partial charge in [-0.2, -0.15) is 0 Å². The van der Waals surface area contributed by atoms with Gasteiger partial charge in [0.15, 0.2) is 0 Å². The molecule has 0 aromatic carbocycles. The van der Waals surface area contributed by atoms with Crippen LogP contribution in [0.25, 0.3) is 0 Å². The minimum absolute atomic E-state index is 0.171. The summed E-state index contributed by atoms with van der Waals surface area (Å²) in [7, 11) is 2.04. The maximum absolute atomic E-state index is 12.4. The van der Waals surface area contributed by atoms with Crippen LogP contribution in [0.15, 0.2) is 29.7 Å². The van der Waals surface area contributed by atoms with Crippen LogP contribution < -0.4 is 0 Å². The number of amides is 1. The summed E-state index contributed by atoms with van der Waals surface area (Å²) in [5.74, 6) is 3.60. The van der Waals surface area contributed by atoms with E-state index in [4.69, 9.17) is 0 Å². The second-order valence-electron chi connectivity index (χ2n) is 11.3. The summed E-state index contributed by atoms with van der Waals surface area (Å²) in [5, 5.41) is 2.21. The third kappa shape index (κ3) is 3.22. The quantitative estimate of drug-likeness (QED) is 0.480. The minimum atomic E-state index is 0.171. The highest BCUT2D eigenvalue weighted by atomic mass is 32.1. The van der Waals surface area contributed by atoms with Crippen molar-refractivity contribution in [1.29, 1.82) is 0 Å². The fourth-order valence-corrected chi connectivity index (χ4v) is 9.20. The Labute approximate surface area is 187 Å². The van der Waals surface area contributed by atoms with Gasteiger partial charge in [-0.15, -0.1) is 11.3 Å². The number of likely N-dealkylation sites (N-methyl/N-ethyl adjacent to an activating group) is 1. The van der Waals surface area contributed by atoms with Crippen LogP contribution in [0, 0.1) is 34.5 Å². The molecule has 3 heteroatoms. The largest absolute Gasteiger partial charge is 0.338 e. The molecule has 1 aromatic rings. The lowest BCUT2D eigenvalue weighted by molar-refractivity contribution is -0.142. The monoisotopic (exact) mass is 425 g/mol. The van der Waals surface area contributed by atoms with Gasteiger partial charge in [0.2, 0.25) is 5.91 Å². The summed E-state index contributed by atoms with van der Waals surface area (Å²) < 4.78 is 0. The lowest BCUT2D eigenvalue weighted by Gasteiger charge is -2.62. The van der Waals surface area contributed by atoms with Crippen molar-refractivity contribution in [2.45, 2.75) is 84.1 Å². The smallest absolute Gasteiger partial charge is 0.246 e. The number of hydrogen-bond donors (Lipinski definition) is 0. The lowest BCUT2D eigenvalue weighted by Crippen LogP contribution is -2.60. The zero-order chi connectivity index (χ0) is 20.9. The fraction of sp³-hybridized carbons (Fsp3) is 0.741. The Morgan fingerprint density at radius 1 is 1.17 bits per heavy atom. The zero-order valence-corrected chi connectivity index (χ0v) is 19.9. The van der Waals surface area contributed by atoms with E-state index in [9.17, 15) is 4.79 Å². The van der Waals surface area contributed by atoms with Crippen LogP contribution in [-0.4, -0.2) is 23.9 Å². The number of hydrogen-bond acceptors (Lipinski definition) is 2. The average molecular weight is 426 g/mol. The SMILES string of the molecule is CN1C(=O)C=C[C@]2(C)[C@H]3CC(CCCCc4cccs4)[C@]4(C)CCC[C@H]4[C@@H]3CC[C@@H]12. The second kappa shape index (κ2) is 7.80. The van der Waals surface area contributed by atoms with Crippen LogP contribution in [0.5, 0.6) is 0 Å². The maximum Gasteiger partial charge on any atom is 0.246 e. The molecule has 1 amide bonds. The molecule has 2 nitrogen and oxygen atoms in total. The van der Waals surface area contributed by atoms with Crippen LogP contribution in [-0.2, 0) is 11.2 Å². The Hall–Kier alpha value is -1.09. The van der Waals surface area contributed by atoms with Crippen LogP contribution in [0.3, 0.4) is 0 Å². The molecule has 0 bridgehead atoms. The van der Waals surface area contributed by atoms with Gasteiger partial charge in [0.1, 0.15) is 0 Å². The number of aryl methyl sites for hydroxylation is 1. The molecule has 3 aliphatic carbocycles. The van der Waals surface area contributed by atoms with Crippen molar-refractivity contribution in [1.82, 2.24) is 4.90 Å². The number of carbonyl (C=O) groups is 1. The predicted octanol–water partition coefficient (Wildman–Crippen LogP) is 6.72. The Balaban J connectivity index is 1.35. The summed E-state index contributed by atoms with van der Waals surface area (Å²) in [6, 6.07) is 4.88. The zero-order valence-electron chi connectivity index (χ0n) is 19.1. The molecule has 1 aromatic heterocycles. The van der Waals surface area contributed by atoms with E-state index in [1.165, 1.54) is 64.2 Å². The molecule has 0 saturated heterocycles. The first-order valence-electron chi connectivity index (χ1n) is 12.4. The Kier molecular flexibility index (Phi) is 5.40. The summed E-state index contributed by atoms with van der Waals surface area (Å²) in [4.78, 5) is 16.0. The lowest BCUT2D eigenvalue weighted by atomic mass is 9.45. The first kappa shape index (κ1) is 20.8. The molecule has 0 N–H and O–H groups in total. The van der Waals surface area contributed by atoms with E-state index in [1.807, 2.05) is 24.5 Å². The highest BCUT2D eigenvalue weighted by molar-refractivity contribution is 7.09. The molecule has 1 unspecified atom stereocenters. The Bertz CT molecular complexity index is 800. The summed E-state index contributed by atoms with van der Waals surface area (Å²) in [6.07, 6.45) is 17.8. The number of fused-ring (bicyclic) bond motifs is 5. The number of thiophene rings is 1. The van der Waals surface area contributed by atoms with Crippen LogP contribution in [0.2, 0.25) is 0 Å². The van der Waals surface area contributed by atoms with Crippen molar-refractivity contribution in [3.05, 3.63) is 34.5 Å². The topological polar surface area (TPSA) is 20.3 Å². The van der Waals surface area contributed by atoms with E-state index in [0.717, 1.165) is 23.7 Å². The molecular weight excluding hydrogens is 386 g/mol. The van der Waals surface area contributed by atoms with E-state index < -0.39 is 0 Å². The van der Waals surface area contributed by atoms with Crippen LogP contribution in [0.4, 0.5) is 0 Å². The molecule has 2 heterocycles. The van der Waals surface area contributed by atoms with Gasteiger partial charge >= 0.3 is 0 Å². The van der Waals surface area contributed by atoms with Gasteiger partial charge in [-0.05, 0) is 98.0 Å². The normalized spacial score (nSPS) is 42.7. The average Bonchev–Trinajstić information content (AvgIpc) is 3.38. The van der Waals surface area contributed by atoms with Crippen LogP contribution in [0.1, 0.15) is 76.5 Å². The minimum Gasteiger partial charge on any atom is -0.338 e.